The highest BCUT2D eigenvalue weighted by Gasteiger charge is 2.52. The minimum Gasteiger partial charge on any atom is -0.458 e. The number of thioether (sulfide) groups is 1. The molecule has 2 aromatic rings. The Morgan fingerprint density at radius 1 is 1.08 bits per heavy atom. The molecule has 11 heteroatoms. The third kappa shape index (κ3) is 7.11. The first-order valence-corrected chi connectivity index (χ1v) is 16.1. The van der Waals surface area contributed by atoms with Crippen LogP contribution in [0.1, 0.15) is 40.5 Å². The lowest BCUT2D eigenvalue weighted by Gasteiger charge is -2.46. The summed E-state index contributed by atoms with van der Waals surface area (Å²) in [7, 11) is -2.92. The molecule has 0 spiro atoms. The van der Waals surface area contributed by atoms with Gasteiger partial charge in [-0.15, -0.1) is 11.8 Å². The van der Waals surface area contributed by atoms with E-state index in [0.717, 1.165) is 10.4 Å². The second-order valence-electron chi connectivity index (χ2n) is 10.6. The second kappa shape index (κ2) is 13.6. The number of hydrogen-bond donors (Lipinski definition) is 1. The van der Waals surface area contributed by atoms with Gasteiger partial charge in [0.1, 0.15) is 29.5 Å². The molecule has 1 aliphatic heterocycles. The summed E-state index contributed by atoms with van der Waals surface area (Å²) >= 11 is 1.28. The maximum atomic E-state index is 12.4. The first-order valence-electron chi connectivity index (χ1n) is 12.9. The van der Waals surface area contributed by atoms with Crippen LogP contribution < -0.4 is 10.4 Å². The van der Waals surface area contributed by atoms with E-state index in [1.165, 1.54) is 18.7 Å². The van der Waals surface area contributed by atoms with Gasteiger partial charge in [-0.2, -0.15) is 0 Å². The van der Waals surface area contributed by atoms with Crippen molar-refractivity contribution in [1.29, 1.82) is 0 Å². The zero-order valence-electron chi connectivity index (χ0n) is 23.0. The van der Waals surface area contributed by atoms with Gasteiger partial charge in [0.2, 0.25) is 0 Å². The van der Waals surface area contributed by atoms with Gasteiger partial charge >= 0.3 is 5.97 Å². The Bertz CT molecular complexity index is 1120. The van der Waals surface area contributed by atoms with Gasteiger partial charge in [-0.25, -0.2) is 0 Å². The third-order valence-corrected chi connectivity index (χ3v) is 12.7. The highest BCUT2D eigenvalue weighted by molar-refractivity contribution is 7.99. The fraction of sp³-hybridized carbons (Fsp3) is 0.500. The molecule has 0 bridgehead atoms. The van der Waals surface area contributed by atoms with Gasteiger partial charge in [0.05, 0.1) is 19.1 Å². The van der Waals surface area contributed by atoms with Crippen LogP contribution >= 0.6 is 11.8 Å². The fourth-order valence-electron chi connectivity index (χ4n) is 5.01. The molecule has 1 fully saturated rings. The molecule has 2 unspecified atom stereocenters. The van der Waals surface area contributed by atoms with Crippen molar-refractivity contribution < 1.29 is 28.6 Å². The van der Waals surface area contributed by atoms with Gasteiger partial charge in [0, 0.05) is 11.3 Å². The lowest BCUT2D eigenvalue weighted by atomic mass is 9.98. The van der Waals surface area contributed by atoms with Crippen LogP contribution in [0.15, 0.2) is 65.8 Å². The number of aliphatic hydroxyl groups is 1. The zero-order chi connectivity index (χ0) is 28.6. The average molecular weight is 572 g/mol. The van der Waals surface area contributed by atoms with E-state index in [0.29, 0.717) is 0 Å². The van der Waals surface area contributed by atoms with E-state index in [1.54, 1.807) is 6.26 Å². The van der Waals surface area contributed by atoms with Crippen molar-refractivity contribution in [2.24, 2.45) is 5.11 Å². The van der Waals surface area contributed by atoms with Crippen LogP contribution in [0.2, 0.25) is 5.04 Å². The lowest BCUT2D eigenvalue weighted by molar-refractivity contribution is -0.185. The summed E-state index contributed by atoms with van der Waals surface area (Å²) < 4.78 is 18.7. The van der Waals surface area contributed by atoms with Crippen LogP contribution in [0.3, 0.4) is 0 Å². The van der Waals surface area contributed by atoms with Gasteiger partial charge in [0.15, 0.2) is 0 Å². The SMILES string of the molecule is CS[C@@H]1OC(CO[Si](c2ccccc2)(c2ccccc2)C(C)(C)C)[C@H](O)[C@H](N=[N+]=[N-])C1OC(=O)CCC(C)=O. The Kier molecular flexibility index (Phi) is 10.8. The smallest absolute Gasteiger partial charge is 0.306 e. The largest absolute Gasteiger partial charge is 0.458 e. The third-order valence-electron chi connectivity index (χ3n) is 6.89. The molecule has 1 aliphatic rings. The van der Waals surface area contributed by atoms with E-state index < -0.39 is 44.1 Å². The van der Waals surface area contributed by atoms with E-state index in [1.807, 2.05) is 36.4 Å². The molecule has 5 atom stereocenters. The number of rotatable bonds is 11. The number of benzene rings is 2. The summed E-state index contributed by atoms with van der Waals surface area (Å²) in [6.07, 6.45) is -1.42. The Hall–Kier alpha value is -2.66. The minimum absolute atomic E-state index is 0.0357. The van der Waals surface area contributed by atoms with Crippen LogP contribution in [0.4, 0.5) is 0 Å². The zero-order valence-corrected chi connectivity index (χ0v) is 24.8. The molecule has 0 amide bonds. The first kappa shape index (κ1) is 30.9. The predicted octanol–water partition coefficient (Wildman–Crippen LogP) is 3.97. The van der Waals surface area contributed by atoms with Crippen molar-refractivity contribution in [3.8, 4) is 0 Å². The number of nitrogens with zero attached hydrogens (tertiary/aromatic N) is 3. The number of Topliss-reactive ketones (excluding diaryl/α,β-unsaturated/α-hetero) is 1. The quantitative estimate of drug-likeness (QED) is 0.142. The summed E-state index contributed by atoms with van der Waals surface area (Å²) in [4.78, 5) is 26.6. The molecule has 0 aromatic heterocycles. The Morgan fingerprint density at radius 2 is 1.64 bits per heavy atom. The number of ether oxygens (including phenoxy) is 2. The van der Waals surface area contributed by atoms with Gasteiger partial charge in [-0.05, 0) is 34.1 Å². The van der Waals surface area contributed by atoms with Crippen molar-refractivity contribution in [1.82, 2.24) is 0 Å². The molecule has 9 nitrogen and oxygen atoms in total. The molecule has 39 heavy (non-hydrogen) atoms. The number of carbonyl (C=O) groups is 2. The molecule has 1 saturated heterocycles. The maximum absolute atomic E-state index is 12.4. The highest BCUT2D eigenvalue weighted by atomic mass is 32.2. The van der Waals surface area contributed by atoms with Crippen LogP contribution in [0.5, 0.6) is 0 Å². The fourth-order valence-corrected chi connectivity index (χ4v) is 10.3. The normalized spacial score (nSPS) is 23.5. The Labute approximate surface area is 235 Å². The van der Waals surface area contributed by atoms with Crippen LogP contribution in [0.25, 0.3) is 10.4 Å². The molecule has 0 radical (unpaired) electrons. The van der Waals surface area contributed by atoms with Crippen molar-refractivity contribution in [2.45, 2.75) is 75.4 Å². The van der Waals surface area contributed by atoms with Crippen molar-refractivity contribution in [2.75, 3.05) is 12.9 Å². The van der Waals surface area contributed by atoms with Gasteiger partial charge in [-0.1, -0.05) is 86.5 Å². The van der Waals surface area contributed by atoms with Gasteiger partial charge < -0.3 is 23.8 Å². The summed E-state index contributed by atoms with van der Waals surface area (Å²) in [5.41, 5.74) is 8.55. The summed E-state index contributed by atoms with van der Waals surface area (Å²) in [6.45, 7) is 7.89. The first-order chi connectivity index (χ1) is 18.5. The number of azide groups is 1. The van der Waals surface area contributed by atoms with Crippen LogP contribution in [-0.2, 0) is 23.5 Å². The Morgan fingerprint density at radius 3 is 2.10 bits per heavy atom. The monoisotopic (exact) mass is 571 g/mol. The number of ketones is 1. The molecule has 1 heterocycles. The van der Waals surface area contributed by atoms with Gasteiger partial charge in [0.25, 0.3) is 8.32 Å². The minimum atomic E-state index is -2.92. The van der Waals surface area contributed by atoms with E-state index in [9.17, 15) is 20.2 Å². The van der Waals surface area contributed by atoms with E-state index >= 15 is 0 Å². The molecule has 0 saturated carbocycles. The molecule has 2 aromatic carbocycles. The molecule has 210 valence electrons. The summed E-state index contributed by atoms with van der Waals surface area (Å²) in [6, 6.07) is 19.1. The van der Waals surface area contributed by atoms with E-state index in [4.69, 9.17) is 13.9 Å². The Balaban J connectivity index is 1.93. The summed E-state index contributed by atoms with van der Waals surface area (Å²) in [5.74, 6) is -0.759. The molecule has 0 aliphatic carbocycles. The van der Waals surface area contributed by atoms with Crippen molar-refractivity contribution in [3.05, 3.63) is 71.1 Å². The lowest BCUT2D eigenvalue weighted by Crippen LogP contribution is -2.68. The second-order valence-corrected chi connectivity index (χ2v) is 15.8. The predicted molar refractivity (Wildman–Crippen MR) is 154 cm³/mol. The van der Waals surface area contributed by atoms with Crippen LogP contribution in [-0.4, -0.2) is 67.8 Å². The highest BCUT2D eigenvalue weighted by Crippen LogP contribution is 2.38. The number of aliphatic hydroxyl groups excluding tert-OH is 1. The topological polar surface area (TPSA) is 131 Å². The maximum Gasteiger partial charge on any atom is 0.306 e. The molecular formula is C28H37N3O6SSi. The van der Waals surface area contributed by atoms with Gasteiger partial charge in [-0.3, -0.25) is 4.79 Å². The number of esters is 1. The van der Waals surface area contributed by atoms with E-state index in [2.05, 4.69) is 55.1 Å². The average Bonchev–Trinajstić information content (AvgIpc) is 2.91. The number of hydrogen-bond acceptors (Lipinski definition) is 8. The summed E-state index contributed by atoms with van der Waals surface area (Å²) in [5, 5.41) is 17.0. The standard InChI is InChI=1S/C28H37N3O6SSi/c1-19(32)16-17-23(33)37-26-24(30-31-29)25(34)22(36-27(26)38-5)18-35-39(28(2,3)4,20-12-8-6-9-13-20)21-14-10-7-11-15-21/h6-15,22,24-27,34H,16-18H2,1-5H3/t22?,24-,25-,26?,27-/m0/s1. The van der Waals surface area contributed by atoms with Crippen LogP contribution in [0, 0.1) is 0 Å². The molecule has 3 rings (SSSR count). The van der Waals surface area contributed by atoms with Crippen molar-refractivity contribution in [3.63, 3.8) is 0 Å². The van der Waals surface area contributed by atoms with E-state index in [-0.39, 0.29) is 30.3 Å². The van der Waals surface area contributed by atoms with Crippen molar-refractivity contribution >= 4 is 42.2 Å². The molecule has 1 N–H and O–H groups in total. The molecular weight excluding hydrogens is 534 g/mol. The number of carbonyl (C=O) groups excluding carboxylic acids is 2.